The van der Waals surface area contributed by atoms with Crippen LogP contribution in [-0.4, -0.2) is 6.54 Å². The van der Waals surface area contributed by atoms with Crippen LogP contribution < -0.4 is 5.73 Å². The summed E-state index contributed by atoms with van der Waals surface area (Å²) < 4.78 is 0. The van der Waals surface area contributed by atoms with Crippen LogP contribution in [-0.2, 0) is 0 Å². The van der Waals surface area contributed by atoms with Gasteiger partial charge in [-0.05, 0) is 23.8 Å². The Morgan fingerprint density at radius 3 is 1.50 bits per heavy atom. The highest BCUT2D eigenvalue weighted by molar-refractivity contribution is 4.82. The van der Waals surface area contributed by atoms with Gasteiger partial charge in [-0.3, -0.25) is 0 Å². The zero-order valence-corrected chi connectivity index (χ0v) is 7.99. The molecule has 0 aromatic heterocycles. The van der Waals surface area contributed by atoms with E-state index >= 15 is 0 Å². The fraction of sp³-hybridized carbons (Fsp3) is 1.00. The van der Waals surface area contributed by atoms with E-state index in [0.717, 1.165) is 13.0 Å². The molecule has 0 bridgehead atoms. The Hall–Kier alpha value is -0.0400. The molecule has 0 aromatic rings. The highest BCUT2D eigenvalue weighted by atomic mass is 14.5. The van der Waals surface area contributed by atoms with Crippen LogP contribution in [0.5, 0.6) is 0 Å². The molecule has 0 atom stereocenters. The van der Waals surface area contributed by atoms with Gasteiger partial charge in [0.15, 0.2) is 0 Å². The van der Waals surface area contributed by atoms with Crippen molar-refractivity contribution in [2.45, 2.75) is 41.0 Å². The normalized spacial score (nSPS) is 13.8. The van der Waals surface area contributed by atoms with Crippen molar-refractivity contribution in [3.8, 4) is 0 Å². The minimum absolute atomic E-state index is 0.363. The van der Waals surface area contributed by atoms with Gasteiger partial charge in [0.05, 0.1) is 0 Å². The SMILES string of the molecule is CC(C)(C)C(C)(C)CCN. The molecular formula is C9H21N. The van der Waals surface area contributed by atoms with Crippen molar-refractivity contribution < 1.29 is 0 Å². The smallest absolute Gasteiger partial charge is 0.00720 e. The van der Waals surface area contributed by atoms with Crippen LogP contribution in [0.3, 0.4) is 0 Å². The van der Waals surface area contributed by atoms with Crippen LogP contribution in [0.15, 0.2) is 0 Å². The van der Waals surface area contributed by atoms with Crippen molar-refractivity contribution in [3.63, 3.8) is 0 Å². The van der Waals surface area contributed by atoms with Gasteiger partial charge in [0, 0.05) is 0 Å². The maximum Gasteiger partial charge on any atom is -0.00720 e. The minimum atomic E-state index is 0.363. The molecule has 1 heteroatoms. The molecule has 0 rings (SSSR count). The average Bonchev–Trinajstić information content (AvgIpc) is 1.61. The molecule has 0 radical (unpaired) electrons. The second-order valence-electron chi connectivity index (χ2n) is 4.67. The fourth-order valence-corrected chi connectivity index (χ4v) is 0.736. The van der Waals surface area contributed by atoms with Crippen LogP contribution in [0, 0.1) is 10.8 Å². The van der Waals surface area contributed by atoms with E-state index in [1.807, 2.05) is 0 Å². The third-order valence-electron chi connectivity index (χ3n) is 2.80. The molecule has 0 amide bonds. The van der Waals surface area contributed by atoms with E-state index in [2.05, 4.69) is 34.6 Å². The van der Waals surface area contributed by atoms with Gasteiger partial charge in [-0.25, -0.2) is 0 Å². The molecule has 0 aromatic carbocycles. The standard InChI is InChI=1S/C9H21N/c1-8(2,3)9(4,5)6-7-10/h6-7,10H2,1-5H3. The van der Waals surface area contributed by atoms with Gasteiger partial charge in [0.2, 0.25) is 0 Å². The molecule has 0 heterocycles. The number of hydrogen-bond acceptors (Lipinski definition) is 1. The number of nitrogens with two attached hydrogens (primary N) is 1. The first-order valence-electron chi connectivity index (χ1n) is 4.01. The molecule has 0 aliphatic rings. The second-order valence-corrected chi connectivity index (χ2v) is 4.67. The van der Waals surface area contributed by atoms with E-state index in [0.29, 0.717) is 10.8 Å². The van der Waals surface area contributed by atoms with Crippen LogP contribution in [0.4, 0.5) is 0 Å². The summed E-state index contributed by atoms with van der Waals surface area (Å²) in [5.41, 5.74) is 6.24. The first kappa shape index (κ1) is 9.96. The second kappa shape index (κ2) is 2.91. The molecule has 62 valence electrons. The summed E-state index contributed by atoms with van der Waals surface area (Å²) in [6.45, 7) is 12.2. The maximum atomic E-state index is 5.51. The minimum Gasteiger partial charge on any atom is -0.330 e. The monoisotopic (exact) mass is 143 g/mol. The molecule has 0 unspecified atom stereocenters. The highest BCUT2D eigenvalue weighted by Gasteiger charge is 2.31. The van der Waals surface area contributed by atoms with E-state index in [1.165, 1.54) is 0 Å². The van der Waals surface area contributed by atoms with Crippen molar-refractivity contribution in [2.24, 2.45) is 16.6 Å². The summed E-state index contributed by atoms with van der Waals surface area (Å²) in [5.74, 6) is 0. The summed E-state index contributed by atoms with van der Waals surface area (Å²) in [4.78, 5) is 0. The Balaban J connectivity index is 4.10. The van der Waals surface area contributed by atoms with Crippen LogP contribution >= 0.6 is 0 Å². The third-order valence-corrected chi connectivity index (χ3v) is 2.80. The summed E-state index contributed by atoms with van der Waals surface area (Å²) >= 11 is 0. The molecule has 0 fully saturated rings. The highest BCUT2D eigenvalue weighted by Crippen LogP contribution is 2.39. The molecule has 0 saturated heterocycles. The molecule has 1 nitrogen and oxygen atoms in total. The van der Waals surface area contributed by atoms with E-state index in [1.54, 1.807) is 0 Å². The van der Waals surface area contributed by atoms with Gasteiger partial charge >= 0.3 is 0 Å². The molecule has 0 aliphatic heterocycles. The lowest BCUT2D eigenvalue weighted by Gasteiger charge is -2.38. The molecule has 0 aliphatic carbocycles. The van der Waals surface area contributed by atoms with Crippen molar-refractivity contribution >= 4 is 0 Å². The van der Waals surface area contributed by atoms with E-state index < -0.39 is 0 Å². The van der Waals surface area contributed by atoms with Crippen molar-refractivity contribution in [1.82, 2.24) is 0 Å². The predicted octanol–water partition coefficient (Wildman–Crippen LogP) is 2.41. The number of hydrogen-bond donors (Lipinski definition) is 1. The summed E-state index contributed by atoms with van der Waals surface area (Å²) in [5, 5.41) is 0. The molecular weight excluding hydrogens is 122 g/mol. The molecule has 2 N–H and O–H groups in total. The van der Waals surface area contributed by atoms with E-state index in [9.17, 15) is 0 Å². The zero-order chi connectivity index (χ0) is 8.41. The van der Waals surface area contributed by atoms with Crippen LogP contribution in [0.25, 0.3) is 0 Å². The third kappa shape index (κ3) is 2.30. The van der Waals surface area contributed by atoms with Gasteiger partial charge in [0.1, 0.15) is 0 Å². The molecule has 0 spiro atoms. The zero-order valence-electron chi connectivity index (χ0n) is 7.99. The first-order valence-corrected chi connectivity index (χ1v) is 4.01. The maximum absolute atomic E-state index is 5.51. The summed E-state index contributed by atoms with van der Waals surface area (Å²) in [6.07, 6.45) is 1.11. The summed E-state index contributed by atoms with van der Waals surface area (Å²) in [6, 6.07) is 0. The Morgan fingerprint density at radius 1 is 1.00 bits per heavy atom. The van der Waals surface area contributed by atoms with Crippen LogP contribution in [0.2, 0.25) is 0 Å². The van der Waals surface area contributed by atoms with Gasteiger partial charge in [0.25, 0.3) is 0 Å². The first-order chi connectivity index (χ1) is 4.31. The Kier molecular flexibility index (Phi) is 2.90. The van der Waals surface area contributed by atoms with Gasteiger partial charge in [-0.1, -0.05) is 34.6 Å². The van der Waals surface area contributed by atoms with E-state index in [-0.39, 0.29) is 0 Å². The quantitative estimate of drug-likeness (QED) is 0.631. The lowest BCUT2D eigenvalue weighted by atomic mass is 9.67. The average molecular weight is 143 g/mol. The number of rotatable bonds is 2. The van der Waals surface area contributed by atoms with Crippen LogP contribution in [0.1, 0.15) is 41.0 Å². The Morgan fingerprint density at radius 2 is 1.40 bits per heavy atom. The van der Waals surface area contributed by atoms with Gasteiger partial charge < -0.3 is 5.73 Å². The fourth-order valence-electron chi connectivity index (χ4n) is 0.736. The van der Waals surface area contributed by atoms with Crippen molar-refractivity contribution in [2.75, 3.05) is 6.54 Å². The van der Waals surface area contributed by atoms with E-state index in [4.69, 9.17) is 5.73 Å². The predicted molar refractivity (Wildman–Crippen MR) is 46.9 cm³/mol. The van der Waals surface area contributed by atoms with Crippen molar-refractivity contribution in [1.29, 1.82) is 0 Å². The molecule has 10 heavy (non-hydrogen) atoms. The topological polar surface area (TPSA) is 26.0 Å². The summed E-state index contributed by atoms with van der Waals surface area (Å²) in [7, 11) is 0. The van der Waals surface area contributed by atoms with Crippen molar-refractivity contribution in [3.05, 3.63) is 0 Å². The lowest BCUT2D eigenvalue weighted by Crippen LogP contribution is -2.31. The lowest BCUT2D eigenvalue weighted by molar-refractivity contribution is 0.123. The van der Waals surface area contributed by atoms with Gasteiger partial charge in [-0.2, -0.15) is 0 Å². The molecule has 0 saturated carbocycles. The Labute approximate surface area is 65.0 Å². The largest absolute Gasteiger partial charge is 0.330 e. The van der Waals surface area contributed by atoms with Gasteiger partial charge in [-0.15, -0.1) is 0 Å². The Bertz CT molecular complexity index is 97.8.